The third-order valence-corrected chi connectivity index (χ3v) is 4.14. The molecule has 1 saturated carbocycles. The molecular weight excluding hydrogens is 260 g/mol. The van der Waals surface area contributed by atoms with E-state index >= 15 is 0 Å². The van der Waals surface area contributed by atoms with Crippen LogP contribution in [0.2, 0.25) is 0 Å². The Labute approximate surface area is 118 Å². The number of aromatic nitrogens is 2. The van der Waals surface area contributed by atoms with Crippen LogP contribution in [0.1, 0.15) is 25.7 Å². The summed E-state index contributed by atoms with van der Waals surface area (Å²) < 4.78 is 0. The zero-order valence-corrected chi connectivity index (χ0v) is 12.6. The fraction of sp³-hybridized carbons (Fsp3) is 0.692. The molecule has 19 heavy (non-hydrogen) atoms. The molecule has 1 aromatic rings. The van der Waals surface area contributed by atoms with Gasteiger partial charge in [0.25, 0.3) is 0 Å². The standard InChI is InChI=1S/C13H22N4OS/c1-14-10-8-11(16-12(15-10)19-3)17(2)9-13(18)6-4-5-7-13/h8,18H,4-7,9H2,1-3H3,(H,14,15,16). The van der Waals surface area contributed by atoms with Crippen LogP contribution < -0.4 is 10.2 Å². The van der Waals surface area contributed by atoms with E-state index in [4.69, 9.17) is 0 Å². The van der Waals surface area contributed by atoms with Crippen LogP contribution in [0, 0.1) is 0 Å². The highest BCUT2D eigenvalue weighted by Gasteiger charge is 2.32. The first-order valence-corrected chi connectivity index (χ1v) is 7.83. The molecular formula is C13H22N4OS. The highest BCUT2D eigenvalue weighted by molar-refractivity contribution is 7.98. The van der Waals surface area contributed by atoms with Crippen LogP contribution in [0.4, 0.5) is 11.6 Å². The van der Waals surface area contributed by atoms with Gasteiger partial charge in [0, 0.05) is 26.7 Å². The summed E-state index contributed by atoms with van der Waals surface area (Å²) in [5.41, 5.74) is -0.557. The highest BCUT2D eigenvalue weighted by atomic mass is 32.2. The van der Waals surface area contributed by atoms with Crippen molar-refractivity contribution in [2.45, 2.75) is 36.4 Å². The van der Waals surface area contributed by atoms with Crippen LogP contribution in [-0.4, -0.2) is 47.6 Å². The summed E-state index contributed by atoms with van der Waals surface area (Å²) in [5.74, 6) is 1.66. The van der Waals surface area contributed by atoms with Crippen molar-refractivity contribution < 1.29 is 5.11 Å². The minimum atomic E-state index is -0.557. The Hall–Kier alpha value is -1.01. The molecule has 0 bridgehead atoms. The molecule has 0 radical (unpaired) electrons. The molecule has 0 spiro atoms. The number of likely N-dealkylation sites (N-methyl/N-ethyl adjacent to an activating group) is 1. The number of hydrogen-bond donors (Lipinski definition) is 2. The van der Waals surface area contributed by atoms with Gasteiger partial charge < -0.3 is 15.3 Å². The Morgan fingerprint density at radius 3 is 2.68 bits per heavy atom. The Morgan fingerprint density at radius 1 is 1.42 bits per heavy atom. The van der Waals surface area contributed by atoms with Crippen molar-refractivity contribution >= 4 is 23.4 Å². The number of thioether (sulfide) groups is 1. The van der Waals surface area contributed by atoms with Gasteiger partial charge in [-0.15, -0.1) is 0 Å². The van der Waals surface area contributed by atoms with E-state index in [1.807, 2.05) is 31.3 Å². The highest BCUT2D eigenvalue weighted by Crippen LogP contribution is 2.31. The molecule has 1 aromatic heterocycles. The molecule has 2 N–H and O–H groups in total. The molecule has 0 aliphatic heterocycles. The first-order chi connectivity index (χ1) is 9.06. The summed E-state index contributed by atoms with van der Waals surface area (Å²) in [6.07, 6.45) is 5.97. The van der Waals surface area contributed by atoms with Crippen LogP contribution >= 0.6 is 11.8 Å². The lowest BCUT2D eigenvalue weighted by atomic mass is 10.0. The van der Waals surface area contributed by atoms with E-state index in [1.165, 1.54) is 11.8 Å². The van der Waals surface area contributed by atoms with Crippen molar-refractivity contribution in [3.05, 3.63) is 6.07 Å². The summed E-state index contributed by atoms with van der Waals surface area (Å²) in [6.45, 7) is 0.626. The Kier molecular flexibility index (Phi) is 4.52. The Balaban J connectivity index is 2.15. The fourth-order valence-corrected chi connectivity index (χ4v) is 2.92. The number of aliphatic hydroxyl groups is 1. The second kappa shape index (κ2) is 5.96. The smallest absolute Gasteiger partial charge is 0.191 e. The van der Waals surface area contributed by atoms with Crippen molar-refractivity contribution in [2.24, 2.45) is 0 Å². The quantitative estimate of drug-likeness (QED) is 0.636. The summed E-state index contributed by atoms with van der Waals surface area (Å²) >= 11 is 1.52. The third kappa shape index (κ3) is 3.51. The van der Waals surface area contributed by atoms with E-state index in [1.54, 1.807) is 0 Å². The molecule has 0 saturated heterocycles. The lowest BCUT2D eigenvalue weighted by Gasteiger charge is -2.29. The predicted molar refractivity (Wildman–Crippen MR) is 80.0 cm³/mol. The van der Waals surface area contributed by atoms with Crippen molar-refractivity contribution in [1.82, 2.24) is 9.97 Å². The number of rotatable bonds is 5. The molecule has 1 fully saturated rings. The van der Waals surface area contributed by atoms with Gasteiger partial charge in [-0.1, -0.05) is 24.6 Å². The van der Waals surface area contributed by atoms with Gasteiger partial charge >= 0.3 is 0 Å². The zero-order chi connectivity index (χ0) is 13.9. The first-order valence-electron chi connectivity index (χ1n) is 6.61. The number of anilines is 2. The minimum Gasteiger partial charge on any atom is -0.388 e. The molecule has 1 heterocycles. The van der Waals surface area contributed by atoms with Gasteiger partial charge in [0.05, 0.1) is 5.60 Å². The van der Waals surface area contributed by atoms with Crippen LogP contribution in [0.25, 0.3) is 0 Å². The molecule has 0 amide bonds. The number of hydrogen-bond acceptors (Lipinski definition) is 6. The molecule has 1 aliphatic rings. The summed E-state index contributed by atoms with van der Waals surface area (Å²) in [7, 11) is 3.82. The van der Waals surface area contributed by atoms with Gasteiger partial charge in [-0.3, -0.25) is 0 Å². The van der Waals surface area contributed by atoms with Gasteiger partial charge in [-0.05, 0) is 19.1 Å². The van der Waals surface area contributed by atoms with Crippen molar-refractivity contribution in [3.63, 3.8) is 0 Å². The molecule has 0 unspecified atom stereocenters. The summed E-state index contributed by atoms with van der Waals surface area (Å²) in [6, 6.07) is 1.91. The van der Waals surface area contributed by atoms with Gasteiger partial charge in [0.2, 0.25) is 0 Å². The Morgan fingerprint density at radius 2 is 2.11 bits per heavy atom. The average molecular weight is 282 g/mol. The molecule has 0 aromatic carbocycles. The number of nitrogens with zero attached hydrogens (tertiary/aromatic N) is 3. The van der Waals surface area contributed by atoms with Crippen molar-refractivity contribution in [2.75, 3.05) is 37.1 Å². The van der Waals surface area contributed by atoms with E-state index in [-0.39, 0.29) is 0 Å². The average Bonchev–Trinajstić information content (AvgIpc) is 2.84. The zero-order valence-electron chi connectivity index (χ0n) is 11.8. The monoisotopic (exact) mass is 282 g/mol. The largest absolute Gasteiger partial charge is 0.388 e. The minimum absolute atomic E-state index is 0.557. The maximum absolute atomic E-state index is 10.5. The molecule has 0 atom stereocenters. The lowest BCUT2D eigenvalue weighted by molar-refractivity contribution is 0.0557. The van der Waals surface area contributed by atoms with Gasteiger partial charge in [-0.2, -0.15) is 0 Å². The van der Waals surface area contributed by atoms with E-state index in [2.05, 4.69) is 15.3 Å². The second-order valence-electron chi connectivity index (χ2n) is 5.14. The first kappa shape index (κ1) is 14.4. The van der Waals surface area contributed by atoms with Crippen LogP contribution in [0.5, 0.6) is 0 Å². The second-order valence-corrected chi connectivity index (χ2v) is 5.91. The summed E-state index contributed by atoms with van der Waals surface area (Å²) in [4.78, 5) is 10.9. The van der Waals surface area contributed by atoms with Gasteiger partial charge in [0.15, 0.2) is 5.16 Å². The topological polar surface area (TPSA) is 61.3 Å². The molecule has 5 nitrogen and oxygen atoms in total. The number of nitrogens with one attached hydrogen (secondary N) is 1. The lowest BCUT2D eigenvalue weighted by Crippen LogP contribution is -2.39. The third-order valence-electron chi connectivity index (χ3n) is 3.59. The maximum atomic E-state index is 10.5. The van der Waals surface area contributed by atoms with E-state index < -0.39 is 5.60 Å². The van der Waals surface area contributed by atoms with Gasteiger partial charge in [-0.25, -0.2) is 9.97 Å². The summed E-state index contributed by atoms with van der Waals surface area (Å²) in [5, 5.41) is 14.3. The van der Waals surface area contributed by atoms with E-state index in [0.717, 1.165) is 42.5 Å². The predicted octanol–water partition coefficient (Wildman–Crippen LogP) is 1.98. The Bertz CT molecular complexity index is 412. The SMILES string of the molecule is CNc1cc(N(C)CC2(O)CCCC2)nc(SC)n1. The van der Waals surface area contributed by atoms with Gasteiger partial charge in [0.1, 0.15) is 11.6 Å². The van der Waals surface area contributed by atoms with Crippen LogP contribution in [0.15, 0.2) is 11.2 Å². The fourth-order valence-electron chi connectivity index (χ4n) is 2.54. The van der Waals surface area contributed by atoms with Crippen LogP contribution in [0.3, 0.4) is 0 Å². The van der Waals surface area contributed by atoms with Crippen molar-refractivity contribution in [3.8, 4) is 0 Å². The molecule has 2 rings (SSSR count). The molecule has 106 valence electrons. The van der Waals surface area contributed by atoms with E-state index in [9.17, 15) is 5.11 Å². The van der Waals surface area contributed by atoms with E-state index in [0.29, 0.717) is 6.54 Å². The maximum Gasteiger partial charge on any atom is 0.191 e. The molecule has 1 aliphatic carbocycles. The van der Waals surface area contributed by atoms with Crippen LogP contribution in [-0.2, 0) is 0 Å². The normalized spacial score (nSPS) is 17.5. The molecule has 6 heteroatoms. The van der Waals surface area contributed by atoms with Crippen molar-refractivity contribution in [1.29, 1.82) is 0 Å².